The van der Waals surface area contributed by atoms with Gasteiger partial charge >= 0.3 is 0 Å². The number of carbonyl (C=O) groups excluding carboxylic acids is 2. The summed E-state index contributed by atoms with van der Waals surface area (Å²) < 4.78 is 29.9. The lowest BCUT2D eigenvalue weighted by atomic mass is 10.1. The summed E-state index contributed by atoms with van der Waals surface area (Å²) in [5, 5.41) is 3.50. The van der Waals surface area contributed by atoms with Gasteiger partial charge in [0.15, 0.2) is 5.03 Å². The molecule has 176 valence electrons. The van der Waals surface area contributed by atoms with E-state index >= 15 is 0 Å². The molecule has 1 amide bonds. The molecule has 0 aliphatic heterocycles. The zero-order valence-electron chi connectivity index (χ0n) is 19.0. The Kier molecular flexibility index (Phi) is 7.93. The molecule has 9 nitrogen and oxygen atoms in total. The molecule has 0 spiro atoms. The Balaban J connectivity index is 1.75. The van der Waals surface area contributed by atoms with Crippen molar-refractivity contribution in [3.05, 3.63) is 48.5 Å². The third kappa shape index (κ3) is 6.69. The number of ketones is 1. The van der Waals surface area contributed by atoms with Gasteiger partial charge in [0.2, 0.25) is 5.91 Å². The number of fused-ring (bicyclic) bond motifs is 1. The number of pyridine rings is 1. The van der Waals surface area contributed by atoms with E-state index in [1.54, 1.807) is 30.8 Å². The number of benzene rings is 1. The fourth-order valence-electron chi connectivity index (χ4n) is 3.41. The van der Waals surface area contributed by atoms with Gasteiger partial charge < -0.3 is 14.7 Å². The summed E-state index contributed by atoms with van der Waals surface area (Å²) in [5.74, 6) is 0.178. The Bertz CT molecular complexity index is 1230. The average molecular weight is 472 g/mol. The molecule has 3 rings (SSSR count). The Morgan fingerprint density at radius 1 is 1.15 bits per heavy atom. The van der Waals surface area contributed by atoms with E-state index in [9.17, 15) is 18.0 Å². The first-order valence-corrected chi connectivity index (χ1v) is 12.3. The predicted octanol–water partition coefficient (Wildman–Crippen LogP) is 3.10. The van der Waals surface area contributed by atoms with Crippen LogP contribution in [0.3, 0.4) is 0 Å². The highest BCUT2D eigenvalue weighted by atomic mass is 32.2. The lowest BCUT2D eigenvalue weighted by molar-refractivity contribution is -0.118. The Hall–Kier alpha value is -3.11. The van der Waals surface area contributed by atoms with Gasteiger partial charge in [-0.3, -0.25) is 9.78 Å². The zero-order chi connectivity index (χ0) is 24.0. The number of amides is 1. The highest BCUT2D eigenvalue weighted by molar-refractivity contribution is 7.89. The number of rotatable bonds is 11. The van der Waals surface area contributed by atoms with E-state index in [4.69, 9.17) is 0 Å². The molecular formula is C23H29N5O4S. The molecule has 0 bridgehead atoms. The molecule has 0 saturated carbocycles. The molecule has 10 heteroatoms. The molecule has 3 aromatic rings. The molecule has 0 aliphatic carbocycles. The number of hydrogen-bond acceptors (Lipinski definition) is 6. The van der Waals surface area contributed by atoms with E-state index in [1.807, 2.05) is 24.3 Å². The average Bonchev–Trinajstić information content (AvgIpc) is 3.11. The Morgan fingerprint density at radius 2 is 1.91 bits per heavy atom. The molecule has 1 atom stereocenters. The van der Waals surface area contributed by atoms with Gasteiger partial charge in [0.1, 0.15) is 17.6 Å². The number of anilines is 1. The molecule has 33 heavy (non-hydrogen) atoms. The number of unbranched alkanes of at least 4 members (excludes halogenated alkanes) is 2. The summed E-state index contributed by atoms with van der Waals surface area (Å²) in [6.07, 6.45) is 5.71. The maximum atomic E-state index is 13.1. The maximum absolute atomic E-state index is 13.1. The van der Waals surface area contributed by atoms with Crippen LogP contribution in [-0.2, 0) is 26.7 Å². The van der Waals surface area contributed by atoms with Crippen molar-refractivity contribution in [2.45, 2.75) is 57.0 Å². The molecule has 1 aromatic carbocycles. The minimum Gasteiger partial charge on any atom is -0.337 e. The normalized spacial score (nSPS) is 12.6. The van der Waals surface area contributed by atoms with Crippen LogP contribution in [0.2, 0.25) is 0 Å². The summed E-state index contributed by atoms with van der Waals surface area (Å²) in [6.45, 7) is 3.24. The smallest absolute Gasteiger partial charge is 0.260 e. The molecule has 0 aliphatic rings. The van der Waals surface area contributed by atoms with Gasteiger partial charge in [-0.15, -0.1) is 0 Å². The number of Topliss-reactive ketones (excluding diaryl/α,β-unsaturated/α-hetero) is 1. The van der Waals surface area contributed by atoms with Crippen LogP contribution in [0.1, 0.15) is 44.9 Å². The first-order chi connectivity index (χ1) is 15.7. The number of aromatic nitrogens is 3. The lowest BCUT2D eigenvalue weighted by Gasteiger charge is -2.18. The quantitative estimate of drug-likeness (QED) is 0.414. The number of imidazole rings is 1. The van der Waals surface area contributed by atoms with Crippen LogP contribution in [0, 0.1) is 6.92 Å². The van der Waals surface area contributed by atoms with Crippen molar-refractivity contribution in [2.75, 3.05) is 5.32 Å². The number of nitrogens with zero attached hydrogens (tertiary/aromatic N) is 3. The summed E-state index contributed by atoms with van der Waals surface area (Å²) in [5.41, 5.74) is 1.27. The van der Waals surface area contributed by atoms with Crippen molar-refractivity contribution < 1.29 is 18.0 Å². The van der Waals surface area contributed by atoms with Gasteiger partial charge in [-0.1, -0.05) is 31.0 Å². The Morgan fingerprint density at radius 3 is 2.61 bits per heavy atom. The van der Waals surface area contributed by atoms with Crippen molar-refractivity contribution in [3.8, 4) is 0 Å². The second-order valence-corrected chi connectivity index (χ2v) is 9.78. The van der Waals surface area contributed by atoms with E-state index in [0.29, 0.717) is 37.2 Å². The zero-order valence-corrected chi connectivity index (χ0v) is 19.9. The van der Waals surface area contributed by atoms with Gasteiger partial charge in [0, 0.05) is 25.1 Å². The second kappa shape index (κ2) is 10.7. The molecule has 2 N–H and O–H groups in total. The van der Waals surface area contributed by atoms with Crippen molar-refractivity contribution in [1.82, 2.24) is 19.3 Å². The highest BCUT2D eigenvalue weighted by Crippen LogP contribution is 2.18. The first kappa shape index (κ1) is 24.5. The van der Waals surface area contributed by atoms with Crippen LogP contribution >= 0.6 is 0 Å². The van der Waals surface area contributed by atoms with E-state index in [0.717, 1.165) is 10.9 Å². The summed E-state index contributed by atoms with van der Waals surface area (Å²) in [4.78, 5) is 32.6. The molecule has 0 radical (unpaired) electrons. The SMILES string of the molecule is CC(=O)CCCCC[C@H](NS(=O)(=O)c1cn(C)c(C)n1)C(=O)Nc1cnc2ccccc2c1. The second-order valence-electron chi connectivity index (χ2n) is 8.12. The van der Waals surface area contributed by atoms with Crippen molar-refractivity contribution in [2.24, 2.45) is 7.05 Å². The van der Waals surface area contributed by atoms with Crippen molar-refractivity contribution in [3.63, 3.8) is 0 Å². The van der Waals surface area contributed by atoms with Crippen LogP contribution < -0.4 is 10.0 Å². The van der Waals surface area contributed by atoms with E-state index in [1.165, 1.54) is 13.1 Å². The number of nitrogens with one attached hydrogen (secondary N) is 2. The molecule has 0 saturated heterocycles. The van der Waals surface area contributed by atoms with Gasteiger partial charge in [-0.05, 0) is 38.8 Å². The number of sulfonamides is 1. The first-order valence-electron chi connectivity index (χ1n) is 10.8. The van der Waals surface area contributed by atoms with Crippen LogP contribution in [0.4, 0.5) is 5.69 Å². The fraction of sp³-hybridized carbons (Fsp3) is 0.391. The summed E-state index contributed by atoms with van der Waals surface area (Å²) in [7, 11) is -2.30. The van der Waals surface area contributed by atoms with Crippen molar-refractivity contribution >= 4 is 38.3 Å². The van der Waals surface area contributed by atoms with Crippen molar-refractivity contribution in [1.29, 1.82) is 0 Å². The largest absolute Gasteiger partial charge is 0.337 e. The van der Waals surface area contributed by atoms with E-state index < -0.39 is 22.0 Å². The summed E-state index contributed by atoms with van der Waals surface area (Å²) >= 11 is 0. The van der Waals surface area contributed by atoms with Crippen LogP contribution in [0.25, 0.3) is 10.9 Å². The van der Waals surface area contributed by atoms with E-state index in [2.05, 4.69) is 20.0 Å². The minimum atomic E-state index is -4.00. The lowest BCUT2D eigenvalue weighted by Crippen LogP contribution is -2.43. The van der Waals surface area contributed by atoms with Gasteiger partial charge in [0.25, 0.3) is 10.0 Å². The molecule has 0 fully saturated rings. The topological polar surface area (TPSA) is 123 Å². The highest BCUT2D eigenvalue weighted by Gasteiger charge is 2.27. The van der Waals surface area contributed by atoms with Gasteiger partial charge in [-0.2, -0.15) is 4.72 Å². The third-order valence-electron chi connectivity index (χ3n) is 5.36. The van der Waals surface area contributed by atoms with Crippen LogP contribution in [0.5, 0.6) is 0 Å². The van der Waals surface area contributed by atoms with Crippen LogP contribution in [0.15, 0.2) is 47.8 Å². The molecule has 2 aromatic heterocycles. The predicted molar refractivity (Wildman–Crippen MR) is 126 cm³/mol. The number of aryl methyl sites for hydroxylation is 2. The molecule has 0 unspecified atom stereocenters. The maximum Gasteiger partial charge on any atom is 0.260 e. The fourth-order valence-corrected chi connectivity index (χ4v) is 4.68. The van der Waals surface area contributed by atoms with Gasteiger partial charge in [-0.25, -0.2) is 13.4 Å². The summed E-state index contributed by atoms with van der Waals surface area (Å²) in [6, 6.07) is 8.30. The van der Waals surface area contributed by atoms with Crippen LogP contribution in [-0.4, -0.2) is 40.7 Å². The Labute approximate surface area is 193 Å². The molecular weight excluding hydrogens is 442 g/mol. The number of hydrogen-bond donors (Lipinski definition) is 2. The number of carbonyl (C=O) groups is 2. The minimum absolute atomic E-state index is 0.110. The molecule has 2 heterocycles. The number of para-hydroxylation sites is 1. The van der Waals surface area contributed by atoms with E-state index in [-0.39, 0.29) is 17.2 Å². The monoisotopic (exact) mass is 471 g/mol. The standard InChI is InChI=1S/C23H29N5O4S/c1-16(29)9-5-4-6-12-21(27-33(31,32)22-15-28(3)17(2)25-22)23(30)26-19-13-18-10-7-8-11-20(18)24-14-19/h7-8,10-11,13-15,21,27H,4-6,9,12H2,1-3H3,(H,26,30)/t21-/m0/s1. The third-order valence-corrected chi connectivity index (χ3v) is 6.70. The van der Waals surface area contributed by atoms with Gasteiger partial charge in [0.05, 0.1) is 17.4 Å².